The van der Waals surface area contributed by atoms with E-state index in [-0.39, 0.29) is 0 Å². The number of benzene rings is 2. The Kier molecular flexibility index (Phi) is 2.82. The highest BCUT2D eigenvalue weighted by Gasteiger charge is 2.14. The minimum absolute atomic E-state index is 0.401. The SMILES string of the molecule is O=[N+]([O-])c1cc(-c2cccc(F)c2)ccc1F. The molecule has 0 aliphatic rings. The van der Waals surface area contributed by atoms with Gasteiger partial charge in [-0.2, -0.15) is 4.39 Å². The fraction of sp³-hybridized carbons (Fsp3) is 0. The molecule has 2 aromatic carbocycles. The Morgan fingerprint density at radius 2 is 1.71 bits per heavy atom. The molecule has 0 radical (unpaired) electrons. The second kappa shape index (κ2) is 4.29. The van der Waals surface area contributed by atoms with E-state index >= 15 is 0 Å². The zero-order chi connectivity index (χ0) is 12.4. The van der Waals surface area contributed by atoms with Crippen molar-refractivity contribution in [3.8, 4) is 11.1 Å². The summed E-state index contributed by atoms with van der Waals surface area (Å²) in [6.45, 7) is 0. The van der Waals surface area contributed by atoms with Crippen LogP contribution >= 0.6 is 0 Å². The first-order valence-electron chi connectivity index (χ1n) is 4.78. The molecule has 0 N–H and O–H groups in total. The van der Waals surface area contributed by atoms with Crippen LogP contribution in [-0.2, 0) is 0 Å². The topological polar surface area (TPSA) is 43.1 Å². The quantitative estimate of drug-likeness (QED) is 0.590. The number of rotatable bonds is 2. The van der Waals surface area contributed by atoms with Crippen LogP contribution in [0.2, 0.25) is 0 Å². The van der Waals surface area contributed by atoms with Crippen LogP contribution in [-0.4, -0.2) is 4.92 Å². The van der Waals surface area contributed by atoms with Crippen LogP contribution in [0.4, 0.5) is 14.5 Å². The van der Waals surface area contributed by atoms with Crippen molar-refractivity contribution in [3.05, 3.63) is 64.2 Å². The fourth-order valence-electron chi connectivity index (χ4n) is 1.50. The van der Waals surface area contributed by atoms with Gasteiger partial charge in [0, 0.05) is 6.07 Å². The van der Waals surface area contributed by atoms with Gasteiger partial charge in [0.05, 0.1) is 4.92 Å². The standard InChI is InChI=1S/C12H7F2NO2/c13-10-3-1-2-8(6-10)9-4-5-11(14)12(7-9)15(16)17/h1-7H. The predicted molar refractivity (Wildman–Crippen MR) is 58.4 cm³/mol. The third kappa shape index (κ3) is 2.28. The molecule has 0 atom stereocenters. The Morgan fingerprint density at radius 1 is 1.00 bits per heavy atom. The van der Waals surface area contributed by atoms with Gasteiger partial charge in [0.15, 0.2) is 0 Å². The van der Waals surface area contributed by atoms with Crippen molar-refractivity contribution >= 4 is 5.69 Å². The highest BCUT2D eigenvalue weighted by atomic mass is 19.1. The lowest BCUT2D eigenvalue weighted by molar-refractivity contribution is -0.387. The van der Waals surface area contributed by atoms with Gasteiger partial charge in [-0.3, -0.25) is 10.1 Å². The molecule has 2 aromatic rings. The summed E-state index contributed by atoms with van der Waals surface area (Å²) in [6, 6.07) is 9.04. The maximum absolute atomic E-state index is 13.1. The molecule has 0 saturated heterocycles. The average molecular weight is 235 g/mol. The molecule has 0 unspecified atom stereocenters. The number of nitro groups is 1. The third-order valence-corrected chi connectivity index (χ3v) is 2.30. The first-order chi connectivity index (χ1) is 8.08. The second-order valence-corrected chi connectivity index (χ2v) is 3.43. The molecule has 86 valence electrons. The summed E-state index contributed by atoms with van der Waals surface area (Å²) in [5.41, 5.74) is 0.248. The smallest absolute Gasteiger partial charge is 0.258 e. The molecular formula is C12H7F2NO2. The van der Waals surface area contributed by atoms with Crippen molar-refractivity contribution in [2.75, 3.05) is 0 Å². The van der Waals surface area contributed by atoms with Gasteiger partial charge in [-0.05, 0) is 29.3 Å². The van der Waals surface area contributed by atoms with Crippen molar-refractivity contribution in [3.63, 3.8) is 0 Å². The summed E-state index contributed by atoms with van der Waals surface area (Å²) in [4.78, 5) is 9.76. The van der Waals surface area contributed by atoms with E-state index in [4.69, 9.17) is 0 Å². The number of nitrogens with zero attached hydrogens (tertiary/aromatic N) is 1. The van der Waals surface area contributed by atoms with Gasteiger partial charge in [-0.1, -0.05) is 18.2 Å². The van der Waals surface area contributed by atoms with Crippen LogP contribution < -0.4 is 0 Å². The predicted octanol–water partition coefficient (Wildman–Crippen LogP) is 3.54. The first-order valence-corrected chi connectivity index (χ1v) is 4.78. The van der Waals surface area contributed by atoms with Crippen LogP contribution in [0.3, 0.4) is 0 Å². The molecule has 0 saturated carbocycles. The monoisotopic (exact) mass is 235 g/mol. The summed E-state index contributed by atoms with van der Waals surface area (Å²) >= 11 is 0. The molecular weight excluding hydrogens is 228 g/mol. The number of hydrogen-bond acceptors (Lipinski definition) is 2. The summed E-state index contributed by atoms with van der Waals surface area (Å²) in [5.74, 6) is -1.36. The molecule has 0 bridgehead atoms. The molecule has 0 aliphatic heterocycles. The fourth-order valence-corrected chi connectivity index (χ4v) is 1.50. The Bertz CT molecular complexity index is 584. The van der Waals surface area contributed by atoms with Crippen LogP contribution in [0.1, 0.15) is 0 Å². The van der Waals surface area contributed by atoms with Crippen molar-refractivity contribution < 1.29 is 13.7 Å². The zero-order valence-corrected chi connectivity index (χ0v) is 8.56. The van der Waals surface area contributed by atoms with Gasteiger partial charge >= 0.3 is 5.69 Å². The van der Waals surface area contributed by atoms with E-state index in [1.165, 1.54) is 24.3 Å². The second-order valence-electron chi connectivity index (χ2n) is 3.43. The molecule has 0 heterocycles. The Balaban J connectivity index is 2.54. The van der Waals surface area contributed by atoms with Crippen LogP contribution in [0.15, 0.2) is 42.5 Å². The lowest BCUT2D eigenvalue weighted by Crippen LogP contribution is -1.93. The van der Waals surface area contributed by atoms with Gasteiger partial charge in [0.1, 0.15) is 5.82 Å². The van der Waals surface area contributed by atoms with Crippen LogP contribution in [0, 0.1) is 21.7 Å². The average Bonchev–Trinajstić information content (AvgIpc) is 2.29. The molecule has 0 amide bonds. The van der Waals surface area contributed by atoms with Crippen molar-refractivity contribution in [2.24, 2.45) is 0 Å². The first kappa shape index (κ1) is 11.2. The van der Waals surface area contributed by atoms with Crippen molar-refractivity contribution in [2.45, 2.75) is 0 Å². The highest BCUT2D eigenvalue weighted by Crippen LogP contribution is 2.26. The van der Waals surface area contributed by atoms with Crippen molar-refractivity contribution in [1.29, 1.82) is 0 Å². The van der Waals surface area contributed by atoms with Gasteiger partial charge in [0.25, 0.3) is 0 Å². The molecule has 0 aliphatic carbocycles. The lowest BCUT2D eigenvalue weighted by atomic mass is 10.0. The van der Waals surface area contributed by atoms with E-state index in [1.54, 1.807) is 6.07 Å². The largest absolute Gasteiger partial charge is 0.305 e. The molecule has 17 heavy (non-hydrogen) atoms. The summed E-state index contributed by atoms with van der Waals surface area (Å²) in [6.07, 6.45) is 0. The molecule has 2 rings (SSSR count). The Hall–Kier alpha value is -2.30. The van der Waals surface area contributed by atoms with E-state index in [0.29, 0.717) is 11.1 Å². The summed E-state index contributed by atoms with van der Waals surface area (Å²) in [7, 11) is 0. The van der Waals surface area contributed by atoms with E-state index in [9.17, 15) is 18.9 Å². The minimum atomic E-state index is -0.907. The van der Waals surface area contributed by atoms with Gasteiger partial charge in [0.2, 0.25) is 5.82 Å². The highest BCUT2D eigenvalue weighted by molar-refractivity contribution is 5.66. The number of nitro benzene ring substituents is 1. The number of hydrogen-bond donors (Lipinski definition) is 0. The zero-order valence-electron chi connectivity index (χ0n) is 8.56. The maximum atomic E-state index is 13.1. The van der Waals surface area contributed by atoms with Crippen molar-refractivity contribution in [1.82, 2.24) is 0 Å². The van der Waals surface area contributed by atoms with Gasteiger partial charge in [-0.25, -0.2) is 4.39 Å². The molecule has 5 heteroatoms. The van der Waals surface area contributed by atoms with Gasteiger partial charge in [-0.15, -0.1) is 0 Å². The van der Waals surface area contributed by atoms with E-state index < -0.39 is 22.2 Å². The van der Waals surface area contributed by atoms with Crippen LogP contribution in [0.25, 0.3) is 11.1 Å². The maximum Gasteiger partial charge on any atom is 0.305 e. The molecule has 0 spiro atoms. The van der Waals surface area contributed by atoms with Crippen LogP contribution in [0.5, 0.6) is 0 Å². The third-order valence-electron chi connectivity index (χ3n) is 2.30. The van der Waals surface area contributed by atoms with E-state index in [1.807, 2.05) is 0 Å². The van der Waals surface area contributed by atoms with Gasteiger partial charge < -0.3 is 0 Å². The Labute approximate surface area is 95.5 Å². The molecule has 0 aromatic heterocycles. The number of halogens is 2. The normalized spacial score (nSPS) is 10.2. The summed E-state index contributed by atoms with van der Waals surface area (Å²) < 4.78 is 26.1. The Morgan fingerprint density at radius 3 is 2.35 bits per heavy atom. The molecule has 0 fully saturated rings. The van der Waals surface area contributed by atoms with E-state index in [0.717, 1.165) is 12.1 Å². The van der Waals surface area contributed by atoms with E-state index in [2.05, 4.69) is 0 Å². The lowest BCUT2D eigenvalue weighted by Gasteiger charge is -2.02. The summed E-state index contributed by atoms with van der Waals surface area (Å²) in [5, 5.41) is 10.6. The molecule has 3 nitrogen and oxygen atoms in total. The minimum Gasteiger partial charge on any atom is -0.258 e.